The molecule has 0 saturated heterocycles. The maximum Gasteiger partial charge on any atom is 0.191 e. The highest BCUT2D eigenvalue weighted by atomic mass is 127. The highest BCUT2D eigenvalue weighted by molar-refractivity contribution is 14.0. The van der Waals surface area contributed by atoms with E-state index >= 15 is 0 Å². The first kappa shape index (κ1) is 21.5. The summed E-state index contributed by atoms with van der Waals surface area (Å²) < 4.78 is 0. The Bertz CT molecular complexity index is 688. The summed E-state index contributed by atoms with van der Waals surface area (Å²) in [5.41, 5.74) is 1.99. The van der Waals surface area contributed by atoms with Crippen molar-refractivity contribution in [1.82, 2.24) is 15.6 Å². The average Bonchev–Trinajstić information content (AvgIpc) is 2.98. The Balaban J connectivity index is 0.00000288. The van der Waals surface area contributed by atoms with Crippen molar-refractivity contribution in [2.24, 2.45) is 4.99 Å². The van der Waals surface area contributed by atoms with Crippen molar-refractivity contribution in [2.45, 2.75) is 32.9 Å². The SMILES string of the molecule is CN=C(NCc1csc(C(C)C)n1)NCc1ccc(Cl)cc1Cl.I. The zero-order valence-electron chi connectivity index (χ0n) is 13.8. The minimum Gasteiger partial charge on any atom is -0.352 e. The number of nitrogens with zero attached hydrogens (tertiary/aromatic N) is 2. The van der Waals surface area contributed by atoms with Crippen molar-refractivity contribution in [3.8, 4) is 0 Å². The van der Waals surface area contributed by atoms with Gasteiger partial charge < -0.3 is 10.6 Å². The highest BCUT2D eigenvalue weighted by Gasteiger charge is 2.07. The number of aliphatic imine (C=N–C) groups is 1. The molecule has 0 aliphatic carbocycles. The molecule has 0 radical (unpaired) electrons. The van der Waals surface area contributed by atoms with Crippen molar-refractivity contribution in [3.05, 3.63) is 49.9 Å². The molecule has 0 fully saturated rings. The van der Waals surface area contributed by atoms with E-state index in [4.69, 9.17) is 23.2 Å². The number of nitrogens with one attached hydrogen (secondary N) is 2. The fraction of sp³-hybridized carbons (Fsp3) is 0.375. The van der Waals surface area contributed by atoms with Gasteiger partial charge in [-0.1, -0.05) is 43.1 Å². The Kier molecular flexibility index (Phi) is 9.33. The molecule has 0 amide bonds. The number of halogens is 3. The van der Waals surface area contributed by atoms with Crippen LogP contribution in [-0.4, -0.2) is 18.0 Å². The minimum atomic E-state index is 0. The Morgan fingerprint density at radius 3 is 2.54 bits per heavy atom. The predicted molar refractivity (Wildman–Crippen MR) is 115 cm³/mol. The summed E-state index contributed by atoms with van der Waals surface area (Å²) in [4.78, 5) is 8.80. The van der Waals surface area contributed by atoms with Crippen molar-refractivity contribution >= 4 is 64.5 Å². The summed E-state index contributed by atoms with van der Waals surface area (Å²) in [6.07, 6.45) is 0. The van der Waals surface area contributed by atoms with Crippen LogP contribution in [0.15, 0.2) is 28.6 Å². The van der Waals surface area contributed by atoms with Crippen LogP contribution in [0, 0.1) is 0 Å². The molecule has 0 saturated carbocycles. The normalized spacial score (nSPS) is 11.3. The molecule has 0 aliphatic heterocycles. The van der Waals surface area contributed by atoms with Gasteiger partial charge in [-0.2, -0.15) is 0 Å². The third-order valence-electron chi connectivity index (χ3n) is 3.19. The van der Waals surface area contributed by atoms with Crippen molar-refractivity contribution in [1.29, 1.82) is 0 Å². The van der Waals surface area contributed by atoms with Crippen LogP contribution < -0.4 is 10.6 Å². The highest BCUT2D eigenvalue weighted by Crippen LogP contribution is 2.21. The summed E-state index contributed by atoms with van der Waals surface area (Å²) in [5.74, 6) is 1.16. The van der Waals surface area contributed by atoms with Crippen LogP contribution in [-0.2, 0) is 13.1 Å². The molecular weight excluding hydrogens is 478 g/mol. The van der Waals surface area contributed by atoms with Crippen LogP contribution in [0.4, 0.5) is 0 Å². The smallest absolute Gasteiger partial charge is 0.191 e. The van der Waals surface area contributed by atoms with Gasteiger partial charge in [0.05, 0.1) is 17.2 Å². The third-order valence-corrected chi connectivity index (χ3v) is 4.97. The third kappa shape index (κ3) is 6.38. The van der Waals surface area contributed by atoms with Gasteiger partial charge in [0.2, 0.25) is 0 Å². The van der Waals surface area contributed by atoms with E-state index in [1.807, 2.05) is 12.1 Å². The van der Waals surface area contributed by atoms with Gasteiger partial charge in [0.25, 0.3) is 0 Å². The maximum absolute atomic E-state index is 6.17. The first-order valence-corrected chi connectivity index (χ1v) is 8.96. The monoisotopic (exact) mass is 498 g/mol. The Morgan fingerprint density at radius 2 is 1.96 bits per heavy atom. The summed E-state index contributed by atoms with van der Waals surface area (Å²) in [7, 11) is 1.74. The summed E-state index contributed by atoms with van der Waals surface area (Å²) in [5, 5.41) is 11.0. The fourth-order valence-corrected chi connectivity index (χ4v) is 3.22. The molecule has 0 spiro atoms. The lowest BCUT2D eigenvalue weighted by Gasteiger charge is -2.12. The van der Waals surface area contributed by atoms with Gasteiger partial charge in [-0.25, -0.2) is 4.98 Å². The number of guanidine groups is 1. The largest absolute Gasteiger partial charge is 0.352 e. The van der Waals surface area contributed by atoms with Crippen LogP contribution in [0.3, 0.4) is 0 Å². The van der Waals surface area contributed by atoms with E-state index in [0.717, 1.165) is 16.3 Å². The van der Waals surface area contributed by atoms with Gasteiger partial charge in [0.15, 0.2) is 5.96 Å². The Labute approximate surface area is 174 Å². The zero-order valence-corrected chi connectivity index (χ0v) is 18.4. The molecule has 4 nitrogen and oxygen atoms in total. The number of benzene rings is 1. The molecule has 1 aromatic carbocycles. The molecule has 0 atom stereocenters. The fourth-order valence-electron chi connectivity index (χ4n) is 1.91. The number of hydrogen-bond donors (Lipinski definition) is 2. The molecular formula is C16H21Cl2IN4S. The van der Waals surface area contributed by atoms with E-state index in [1.165, 1.54) is 0 Å². The Morgan fingerprint density at radius 1 is 1.25 bits per heavy atom. The van der Waals surface area contributed by atoms with Gasteiger partial charge in [-0.05, 0) is 17.7 Å². The molecule has 1 aromatic heterocycles. The second-order valence-corrected chi connectivity index (χ2v) is 7.08. The van der Waals surface area contributed by atoms with E-state index in [1.54, 1.807) is 24.5 Å². The van der Waals surface area contributed by atoms with Crippen LogP contribution in [0.2, 0.25) is 10.0 Å². The van der Waals surface area contributed by atoms with Gasteiger partial charge in [0, 0.05) is 34.9 Å². The quantitative estimate of drug-likeness (QED) is 0.344. The maximum atomic E-state index is 6.17. The molecule has 0 bridgehead atoms. The van der Waals surface area contributed by atoms with Crippen molar-refractivity contribution in [3.63, 3.8) is 0 Å². The van der Waals surface area contributed by atoms with E-state index in [9.17, 15) is 0 Å². The van der Waals surface area contributed by atoms with Crippen molar-refractivity contribution in [2.75, 3.05) is 7.05 Å². The van der Waals surface area contributed by atoms with E-state index in [-0.39, 0.29) is 24.0 Å². The standard InChI is InChI=1S/C16H20Cl2N4S.HI/c1-10(2)15-22-13(9-23-15)8-21-16(19-3)20-7-11-4-5-12(17)6-14(11)18;/h4-6,9-10H,7-8H2,1-3H3,(H2,19,20,21);1H. The van der Waals surface area contributed by atoms with Crippen LogP contribution in [0.1, 0.15) is 36.0 Å². The first-order valence-electron chi connectivity index (χ1n) is 7.32. The van der Waals surface area contributed by atoms with E-state index in [0.29, 0.717) is 35.0 Å². The number of thiazole rings is 1. The molecule has 0 aliphatic rings. The molecule has 24 heavy (non-hydrogen) atoms. The second-order valence-electron chi connectivity index (χ2n) is 5.35. The Hall–Kier alpha value is -0.570. The van der Waals surface area contributed by atoms with Crippen molar-refractivity contribution < 1.29 is 0 Å². The number of rotatable bonds is 5. The van der Waals surface area contributed by atoms with E-state index in [2.05, 4.69) is 39.8 Å². The number of aromatic nitrogens is 1. The summed E-state index contributed by atoms with van der Waals surface area (Å²) in [6, 6.07) is 5.46. The molecule has 132 valence electrons. The summed E-state index contributed by atoms with van der Waals surface area (Å²) in [6.45, 7) is 5.50. The molecule has 0 unspecified atom stereocenters. The van der Waals surface area contributed by atoms with Crippen LogP contribution >= 0.6 is 58.5 Å². The molecule has 1 heterocycles. The number of hydrogen-bond acceptors (Lipinski definition) is 3. The van der Waals surface area contributed by atoms with E-state index < -0.39 is 0 Å². The molecule has 2 aromatic rings. The molecule has 8 heteroatoms. The molecule has 2 rings (SSSR count). The van der Waals surface area contributed by atoms with Gasteiger partial charge in [-0.3, -0.25) is 4.99 Å². The zero-order chi connectivity index (χ0) is 16.8. The van der Waals surface area contributed by atoms with Crippen LogP contribution in [0.25, 0.3) is 0 Å². The second kappa shape index (κ2) is 10.4. The van der Waals surface area contributed by atoms with Gasteiger partial charge >= 0.3 is 0 Å². The topological polar surface area (TPSA) is 49.3 Å². The predicted octanol–water partition coefficient (Wildman–Crippen LogP) is 5.06. The minimum absolute atomic E-state index is 0. The first-order chi connectivity index (χ1) is 11.0. The lowest BCUT2D eigenvalue weighted by Crippen LogP contribution is -2.36. The average molecular weight is 499 g/mol. The van der Waals surface area contributed by atoms with Crippen LogP contribution in [0.5, 0.6) is 0 Å². The lowest BCUT2D eigenvalue weighted by molar-refractivity contribution is 0.783. The summed E-state index contributed by atoms with van der Waals surface area (Å²) >= 11 is 13.8. The lowest BCUT2D eigenvalue weighted by atomic mass is 10.2. The molecule has 2 N–H and O–H groups in total. The van der Waals surface area contributed by atoms with Gasteiger partial charge in [0.1, 0.15) is 0 Å². The van der Waals surface area contributed by atoms with Gasteiger partial charge in [-0.15, -0.1) is 35.3 Å².